The quantitative estimate of drug-likeness (QED) is 0.277. The summed E-state index contributed by atoms with van der Waals surface area (Å²) in [5, 5.41) is 7.51. The molecule has 3 nitrogen and oxygen atoms in total. The summed E-state index contributed by atoms with van der Waals surface area (Å²) in [5.41, 5.74) is 2.73. The van der Waals surface area contributed by atoms with Gasteiger partial charge in [0.25, 0.3) is 0 Å². The van der Waals surface area contributed by atoms with Gasteiger partial charge in [0, 0.05) is 17.6 Å². The highest BCUT2D eigenvalue weighted by Crippen LogP contribution is 2.27. The van der Waals surface area contributed by atoms with Gasteiger partial charge in [-0.15, -0.1) is 0 Å². The predicted octanol–water partition coefficient (Wildman–Crippen LogP) is 7.81. The molecular formula is C29H40Cl2N2O. The van der Waals surface area contributed by atoms with E-state index in [0.717, 1.165) is 26.0 Å². The summed E-state index contributed by atoms with van der Waals surface area (Å²) in [6.45, 7) is 6.03. The molecule has 1 atom stereocenters. The summed E-state index contributed by atoms with van der Waals surface area (Å²) >= 11 is 11.7. The number of unbranched alkanes of at least 4 members (excludes halogenated alkanes) is 2. The van der Waals surface area contributed by atoms with Crippen molar-refractivity contribution in [2.24, 2.45) is 0 Å². The summed E-state index contributed by atoms with van der Waals surface area (Å²) in [6, 6.07) is 26.7. The highest BCUT2D eigenvalue weighted by molar-refractivity contribution is 6.35. The number of ether oxygens (including phenoxy) is 1. The highest BCUT2D eigenvalue weighted by Gasteiger charge is 2.01. The maximum atomic E-state index is 5.93. The average molecular weight is 504 g/mol. The SMILES string of the molecule is CCCCCOc1ccc(Cl)cc1Cl.CNC(C)Cc1ccccc1.CNCc1ccccc1. The summed E-state index contributed by atoms with van der Waals surface area (Å²) in [5.74, 6) is 0.715. The first kappa shape index (κ1) is 30.0. The lowest BCUT2D eigenvalue weighted by molar-refractivity contribution is 0.306. The van der Waals surface area contributed by atoms with E-state index in [1.807, 2.05) is 38.4 Å². The summed E-state index contributed by atoms with van der Waals surface area (Å²) in [4.78, 5) is 0. The second-order valence-corrected chi connectivity index (χ2v) is 8.87. The van der Waals surface area contributed by atoms with Crippen LogP contribution in [0.1, 0.15) is 44.2 Å². The molecule has 3 aromatic rings. The van der Waals surface area contributed by atoms with Crippen LogP contribution in [0.15, 0.2) is 78.9 Å². The lowest BCUT2D eigenvalue weighted by atomic mass is 10.1. The van der Waals surface area contributed by atoms with Crippen molar-refractivity contribution < 1.29 is 4.74 Å². The number of benzene rings is 3. The first-order valence-electron chi connectivity index (χ1n) is 12.0. The Kier molecular flexibility index (Phi) is 17.0. The molecule has 2 N–H and O–H groups in total. The van der Waals surface area contributed by atoms with E-state index in [9.17, 15) is 0 Å². The van der Waals surface area contributed by atoms with Crippen LogP contribution in [0.5, 0.6) is 5.75 Å². The molecule has 0 heterocycles. The van der Waals surface area contributed by atoms with Crippen LogP contribution in [0.25, 0.3) is 0 Å². The van der Waals surface area contributed by atoms with Gasteiger partial charge in [0.05, 0.1) is 11.6 Å². The smallest absolute Gasteiger partial charge is 0.137 e. The van der Waals surface area contributed by atoms with E-state index in [2.05, 4.69) is 60.9 Å². The molecule has 0 saturated heterocycles. The fourth-order valence-corrected chi connectivity index (χ4v) is 3.46. The van der Waals surface area contributed by atoms with Crippen LogP contribution in [-0.4, -0.2) is 26.7 Å². The Morgan fingerprint density at radius 3 is 1.97 bits per heavy atom. The van der Waals surface area contributed by atoms with Crippen molar-refractivity contribution in [3.05, 3.63) is 100 Å². The van der Waals surface area contributed by atoms with Crippen LogP contribution >= 0.6 is 23.2 Å². The van der Waals surface area contributed by atoms with Crippen molar-refractivity contribution in [2.45, 2.75) is 52.1 Å². The minimum Gasteiger partial charge on any atom is -0.492 e. The second-order valence-electron chi connectivity index (χ2n) is 8.03. The average Bonchev–Trinajstić information content (AvgIpc) is 2.85. The molecule has 0 spiro atoms. The number of likely N-dealkylation sites (N-methyl/N-ethyl adjacent to an activating group) is 1. The van der Waals surface area contributed by atoms with Gasteiger partial charge in [-0.05, 0) is 63.2 Å². The molecule has 0 aliphatic rings. The van der Waals surface area contributed by atoms with E-state index >= 15 is 0 Å². The van der Waals surface area contributed by atoms with E-state index < -0.39 is 0 Å². The fourth-order valence-electron chi connectivity index (χ4n) is 3.00. The molecule has 1 unspecified atom stereocenters. The van der Waals surface area contributed by atoms with Crippen molar-refractivity contribution in [3.63, 3.8) is 0 Å². The Morgan fingerprint density at radius 2 is 1.44 bits per heavy atom. The van der Waals surface area contributed by atoms with Gasteiger partial charge in [0.15, 0.2) is 0 Å². The zero-order valence-corrected chi connectivity index (χ0v) is 22.5. The third kappa shape index (κ3) is 14.3. The van der Waals surface area contributed by atoms with E-state index in [0.29, 0.717) is 21.8 Å². The van der Waals surface area contributed by atoms with E-state index in [4.69, 9.17) is 27.9 Å². The largest absolute Gasteiger partial charge is 0.492 e. The van der Waals surface area contributed by atoms with Crippen LogP contribution in [0, 0.1) is 0 Å². The summed E-state index contributed by atoms with van der Waals surface area (Å²) in [7, 11) is 3.95. The molecular weight excluding hydrogens is 463 g/mol. The van der Waals surface area contributed by atoms with E-state index in [1.54, 1.807) is 18.2 Å². The standard InChI is InChI=1S/C11H14Cl2O.C10H15N.C8H11N/c1-2-3-4-7-14-11-6-5-9(12)8-10(11)13;1-9(11-2)8-10-6-4-3-5-7-10;1-9-7-8-5-3-2-4-6-8/h5-6,8H,2-4,7H2,1H3;3-7,9,11H,8H2,1-2H3;2-6,9H,7H2,1H3. The molecule has 0 saturated carbocycles. The molecule has 3 aromatic carbocycles. The van der Waals surface area contributed by atoms with Gasteiger partial charge in [0.1, 0.15) is 5.75 Å². The van der Waals surface area contributed by atoms with Crippen molar-refractivity contribution in [3.8, 4) is 5.75 Å². The Bertz CT molecular complexity index is 876. The van der Waals surface area contributed by atoms with Crippen molar-refractivity contribution in [1.29, 1.82) is 0 Å². The van der Waals surface area contributed by atoms with Crippen molar-refractivity contribution in [2.75, 3.05) is 20.7 Å². The molecule has 0 fully saturated rings. The highest BCUT2D eigenvalue weighted by atomic mass is 35.5. The van der Waals surface area contributed by atoms with Crippen LogP contribution in [0.4, 0.5) is 0 Å². The third-order valence-electron chi connectivity index (χ3n) is 5.00. The molecule has 34 heavy (non-hydrogen) atoms. The third-order valence-corrected chi connectivity index (χ3v) is 5.53. The van der Waals surface area contributed by atoms with E-state index in [-0.39, 0.29) is 0 Å². The Hall–Kier alpha value is -2.04. The molecule has 0 aliphatic heterocycles. The number of halogens is 2. The van der Waals surface area contributed by atoms with Gasteiger partial charge >= 0.3 is 0 Å². The second kappa shape index (κ2) is 19.3. The monoisotopic (exact) mass is 502 g/mol. The molecule has 0 aliphatic carbocycles. The van der Waals surface area contributed by atoms with Crippen LogP contribution in [-0.2, 0) is 13.0 Å². The number of rotatable bonds is 10. The maximum Gasteiger partial charge on any atom is 0.137 e. The molecule has 186 valence electrons. The summed E-state index contributed by atoms with van der Waals surface area (Å²) < 4.78 is 5.50. The van der Waals surface area contributed by atoms with E-state index in [1.165, 1.54) is 24.0 Å². The molecule has 0 amide bonds. The van der Waals surface area contributed by atoms with Crippen molar-refractivity contribution in [1.82, 2.24) is 10.6 Å². The van der Waals surface area contributed by atoms with Gasteiger partial charge in [0.2, 0.25) is 0 Å². The molecule has 5 heteroatoms. The van der Waals surface area contributed by atoms with Crippen LogP contribution in [0.3, 0.4) is 0 Å². The fraction of sp³-hybridized carbons (Fsp3) is 0.379. The van der Waals surface area contributed by atoms with Gasteiger partial charge in [-0.1, -0.05) is 104 Å². The molecule has 0 bridgehead atoms. The Morgan fingerprint density at radius 1 is 0.824 bits per heavy atom. The van der Waals surface area contributed by atoms with Gasteiger partial charge < -0.3 is 15.4 Å². The molecule has 3 rings (SSSR count). The first-order chi connectivity index (χ1) is 16.5. The van der Waals surface area contributed by atoms with Crippen LogP contribution in [0.2, 0.25) is 10.0 Å². The minimum atomic E-state index is 0.567. The number of hydrogen-bond donors (Lipinski definition) is 2. The lowest BCUT2D eigenvalue weighted by Gasteiger charge is -2.08. The molecule has 0 radical (unpaired) electrons. The van der Waals surface area contributed by atoms with Gasteiger partial charge in [-0.3, -0.25) is 0 Å². The van der Waals surface area contributed by atoms with Crippen LogP contribution < -0.4 is 15.4 Å². The Balaban J connectivity index is 0.000000262. The van der Waals surface area contributed by atoms with Gasteiger partial charge in [-0.2, -0.15) is 0 Å². The Labute approximate surface area is 216 Å². The number of hydrogen-bond acceptors (Lipinski definition) is 3. The zero-order chi connectivity index (χ0) is 25.0. The normalized spacial score (nSPS) is 10.9. The summed E-state index contributed by atoms with van der Waals surface area (Å²) in [6.07, 6.45) is 4.55. The lowest BCUT2D eigenvalue weighted by Crippen LogP contribution is -2.23. The minimum absolute atomic E-state index is 0.567. The first-order valence-corrected chi connectivity index (χ1v) is 12.7. The topological polar surface area (TPSA) is 33.3 Å². The zero-order valence-electron chi connectivity index (χ0n) is 21.0. The number of nitrogens with one attached hydrogen (secondary N) is 2. The predicted molar refractivity (Wildman–Crippen MR) is 149 cm³/mol. The molecule has 0 aromatic heterocycles. The maximum absolute atomic E-state index is 5.93. The van der Waals surface area contributed by atoms with Crippen molar-refractivity contribution >= 4 is 23.2 Å². The van der Waals surface area contributed by atoms with Gasteiger partial charge in [-0.25, -0.2) is 0 Å².